The molecule has 0 spiro atoms. The SMILES string of the molecule is CCOC(=O)c1oc2ccccc2c1Cc1nc2ccccc2s1. The standard InChI is InChI=1S/C19H15NO3S/c1-2-22-19(21)18-13(12-7-3-5-9-15(12)23-18)11-17-20-14-8-4-6-10-16(14)24-17/h3-10H,2,11H2,1H3. The maximum Gasteiger partial charge on any atom is 0.374 e. The second kappa shape index (κ2) is 6.09. The predicted molar refractivity (Wildman–Crippen MR) is 94.6 cm³/mol. The van der Waals surface area contributed by atoms with Crippen molar-refractivity contribution in [3.63, 3.8) is 0 Å². The topological polar surface area (TPSA) is 52.3 Å². The number of nitrogens with zero attached hydrogens (tertiary/aromatic N) is 1. The number of furan rings is 1. The summed E-state index contributed by atoms with van der Waals surface area (Å²) in [5.74, 6) is -0.151. The highest BCUT2D eigenvalue weighted by molar-refractivity contribution is 7.18. The summed E-state index contributed by atoms with van der Waals surface area (Å²) in [6.07, 6.45) is 0.546. The molecule has 4 nitrogen and oxygen atoms in total. The summed E-state index contributed by atoms with van der Waals surface area (Å²) in [5, 5.41) is 1.88. The third-order valence-electron chi connectivity index (χ3n) is 3.83. The van der Waals surface area contributed by atoms with Crippen LogP contribution in [0.4, 0.5) is 0 Å². The van der Waals surface area contributed by atoms with E-state index in [1.807, 2.05) is 42.5 Å². The summed E-state index contributed by atoms with van der Waals surface area (Å²) < 4.78 is 12.0. The first kappa shape index (κ1) is 14.9. The van der Waals surface area contributed by atoms with Gasteiger partial charge < -0.3 is 9.15 Å². The Labute approximate surface area is 142 Å². The molecule has 0 aliphatic heterocycles. The number of esters is 1. The van der Waals surface area contributed by atoms with Gasteiger partial charge in [-0.2, -0.15) is 0 Å². The van der Waals surface area contributed by atoms with Crippen LogP contribution in [0.3, 0.4) is 0 Å². The number of fused-ring (bicyclic) bond motifs is 2. The Morgan fingerprint density at radius 2 is 1.96 bits per heavy atom. The third-order valence-corrected chi connectivity index (χ3v) is 4.86. The zero-order chi connectivity index (χ0) is 16.5. The summed E-state index contributed by atoms with van der Waals surface area (Å²) in [5.41, 5.74) is 2.50. The van der Waals surface area contributed by atoms with E-state index in [9.17, 15) is 4.79 Å². The quantitative estimate of drug-likeness (QED) is 0.501. The van der Waals surface area contributed by atoms with Crippen molar-refractivity contribution >= 4 is 38.5 Å². The van der Waals surface area contributed by atoms with E-state index in [2.05, 4.69) is 11.1 Å². The lowest BCUT2D eigenvalue weighted by atomic mass is 10.1. The van der Waals surface area contributed by atoms with Crippen LogP contribution in [0.2, 0.25) is 0 Å². The average molecular weight is 337 g/mol. The normalized spacial score (nSPS) is 11.2. The van der Waals surface area contributed by atoms with Gasteiger partial charge in [-0.1, -0.05) is 30.3 Å². The van der Waals surface area contributed by atoms with Crippen LogP contribution < -0.4 is 0 Å². The molecule has 2 aromatic carbocycles. The van der Waals surface area contributed by atoms with E-state index in [0.717, 1.165) is 26.2 Å². The van der Waals surface area contributed by atoms with Crippen molar-refractivity contribution in [2.24, 2.45) is 0 Å². The van der Waals surface area contributed by atoms with Crippen LogP contribution in [0, 0.1) is 0 Å². The molecule has 120 valence electrons. The molecule has 5 heteroatoms. The van der Waals surface area contributed by atoms with Crippen molar-refractivity contribution in [2.45, 2.75) is 13.3 Å². The molecule has 4 rings (SSSR count). The van der Waals surface area contributed by atoms with Crippen LogP contribution in [0.1, 0.15) is 28.0 Å². The van der Waals surface area contributed by atoms with Crippen molar-refractivity contribution in [2.75, 3.05) is 6.61 Å². The van der Waals surface area contributed by atoms with Gasteiger partial charge in [0.2, 0.25) is 5.76 Å². The number of hydrogen-bond acceptors (Lipinski definition) is 5. The minimum absolute atomic E-state index is 0.275. The lowest BCUT2D eigenvalue weighted by Crippen LogP contribution is -2.06. The molecule has 0 unspecified atom stereocenters. The molecule has 4 aromatic rings. The van der Waals surface area contributed by atoms with Crippen molar-refractivity contribution in [1.82, 2.24) is 4.98 Å². The fraction of sp³-hybridized carbons (Fsp3) is 0.158. The van der Waals surface area contributed by atoms with Gasteiger partial charge in [-0.25, -0.2) is 9.78 Å². The Bertz CT molecular complexity index is 998. The van der Waals surface area contributed by atoms with Gasteiger partial charge in [-0.05, 0) is 25.1 Å². The first-order valence-electron chi connectivity index (χ1n) is 7.78. The van der Waals surface area contributed by atoms with E-state index >= 15 is 0 Å². The molecule has 24 heavy (non-hydrogen) atoms. The molecule has 0 radical (unpaired) electrons. The Kier molecular flexibility index (Phi) is 3.78. The molecule has 0 aliphatic carbocycles. The smallest absolute Gasteiger partial charge is 0.374 e. The number of rotatable bonds is 4. The van der Waals surface area contributed by atoms with Crippen molar-refractivity contribution in [1.29, 1.82) is 0 Å². The molecule has 0 aliphatic rings. The molecule has 0 bridgehead atoms. The maximum absolute atomic E-state index is 12.3. The molecule has 2 heterocycles. The van der Waals surface area contributed by atoms with E-state index in [1.54, 1.807) is 18.3 Å². The number of ether oxygens (including phenoxy) is 1. The molecule has 0 N–H and O–H groups in total. The van der Waals surface area contributed by atoms with E-state index in [1.165, 1.54) is 0 Å². The highest BCUT2D eigenvalue weighted by Gasteiger charge is 2.22. The van der Waals surface area contributed by atoms with Crippen molar-refractivity contribution < 1.29 is 13.9 Å². The molecule has 0 saturated heterocycles. The number of thiazole rings is 1. The lowest BCUT2D eigenvalue weighted by molar-refractivity contribution is 0.0491. The highest BCUT2D eigenvalue weighted by atomic mass is 32.1. The molecule has 2 aromatic heterocycles. The van der Waals surface area contributed by atoms with Gasteiger partial charge in [-0.15, -0.1) is 11.3 Å². The Hall–Kier alpha value is -2.66. The molecular formula is C19H15NO3S. The predicted octanol–water partition coefficient (Wildman–Crippen LogP) is 4.81. The van der Waals surface area contributed by atoms with E-state index in [-0.39, 0.29) is 5.76 Å². The number of hydrogen-bond donors (Lipinski definition) is 0. The van der Waals surface area contributed by atoms with Crippen LogP contribution in [0.25, 0.3) is 21.2 Å². The second-order valence-corrected chi connectivity index (χ2v) is 6.49. The fourth-order valence-electron chi connectivity index (χ4n) is 2.78. The Morgan fingerprint density at radius 3 is 2.79 bits per heavy atom. The van der Waals surface area contributed by atoms with Gasteiger partial charge in [-0.3, -0.25) is 0 Å². The van der Waals surface area contributed by atoms with E-state index < -0.39 is 5.97 Å². The molecule has 0 amide bonds. The van der Waals surface area contributed by atoms with Gasteiger partial charge in [0.05, 0.1) is 21.8 Å². The van der Waals surface area contributed by atoms with Gasteiger partial charge in [0.15, 0.2) is 0 Å². The number of carbonyl (C=O) groups excluding carboxylic acids is 1. The molecule has 0 atom stereocenters. The van der Waals surface area contributed by atoms with Crippen molar-refractivity contribution in [3.05, 3.63) is 64.9 Å². The number of benzene rings is 2. The van der Waals surface area contributed by atoms with Crippen molar-refractivity contribution in [3.8, 4) is 0 Å². The zero-order valence-corrected chi connectivity index (χ0v) is 13.9. The number of aromatic nitrogens is 1. The molecule has 0 saturated carbocycles. The van der Waals surface area contributed by atoms with Crippen LogP contribution in [0.15, 0.2) is 52.9 Å². The molecule has 0 fully saturated rings. The summed E-state index contributed by atoms with van der Waals surface area (Å²) >= 11 is 1.63. The maximum atomic E-state index is 12.3. The highest BCUT2D eigenvalue weighted by Crippen LogP contribution is 2.31. The largest absolute Gasteiger partial charge is 0.460 e. The first-order chi connectivity index (χ1) is 11.8. The van der Waals surface area contributed by atoms with Crippen LogP contribution >= 0.6 is 11.3 Å². The van der Waals surface area contributed by atoms with Gasteiger partial charge in [0.1, 0.15) is 5.58 Å². The summed E-state index contributed by atoms with van der Waals surface area (Å²) in [6.45, 7) is 2.10. The number of para-hydroxylation sites is 2. The fourth-order valence-corrected chi connectivity index (χ4v) is 3.76. The van der Waals surface area contributed by atoms with Gasteiger partial charge >= 0.3 is 5.97 Å². The molecular weight excluding hydrogens is 322 g/mol. The number of carbonyl (C=O) groups is 1. The van der Waals surface area contributed by atoms with Crippen LogP contribution in [-0.2, 0) is 11.2 Å². The van der Waals surface area contributed by atoms with Crippen LogP contribution in [0.5, 0.6) is 0 Å². The third kappa shape index (κ3) is 2.57. The lowest BCUT2D eigenvalue weighted by Gasteiger charge is -2.01. The summed E-state index contributed by atoms with van der Waals surface area (Å²) in [4.78, 5) is 16.9. The Morgan fingerprint density at radius 1 is 1.17 bits per heavy atom. The van der Waals surface area contributed by atoms with Crippen LogP contribution in [-0.4, -0.2) is 17.6 Å². The minimum Gasteiger partial charge on any atom is -0.460 e. The summed E-state index contributed by atoms with van der Waals surface area (Å²) in [6, 6.07) is 15.7. The monoisotopic (exact) mass is 337 g/mol. The summed E-state index contributed by atoms with van der Waals surface area (Å²) in [7, 11) is 0. The van der Waals surface area contributed by atoms with Gasteiger partial charge in [0.25, 0.3) is 0 Å². The van der Waals surface area contributed by atoms with Gasteiger partial charge in [0, 0.05) is 17.4 Å². The first-order valence-corrected chi connectivity index (χ1v) is 8.60. The average Bonchev–Trinajstić information content (AvgIpc) is 3.17. The zero-order valence-electron chi connectivity index (χ0n) is 13.1. The van der Waals surface area contributed by atoms with E-state index in [0.29, 0.717) is 18.6 Å². The van der Waals surface area contributed by atoms with E-state index in [4.69, 9.17) is 9.15 Å². The Balaban J connectivity index is 1.81. The second-order valence-electron chi connectivity index (χ2n) is 5.38. The minimum atomic E-state index is -0.426.